The van der Waals surface area contributed by atoms with Crippen LogP contribution in [0.25, 0.3) is 22.8 Å². The Bertz CT molecular complexity index is 789. The Morgan fingerprint density at radius 2 is 1.95 bits per heavy atom. The first-order valence-electron chi connectivity index (χ1n) is 7.08. The smallest absolute Gasteiger partial charge is 0.260 e. The SMILES string of the molecule is N[n+]1ccccc1-c1cccc(-c2cncn2C2CC2)n1. The van der Waals surface area contributed by atoms with E-state index in [1.807, 2.05) is 55.1 Å². The molecule has 0 radical (unpaired) electrons. The standard InChI is InChI=1S/C16H16N5/c17-21-9-2-1-6-15(21)13-4-3-5-14(19-13)16-10-18-11-20(16)12-7-8-12/h1-6,9-12H,7-8,17H2/q+1. The van der Waals surface area contributed by atoms with Gasteiger partial charge in [0.2, 0.25) is 0 Å². The Morgan fingerprint density at radius 1 is 1.10 bits per heavy atom. The zero-order chi connectivity index (χ0) is 14.2. The van der Waals surface area contributed by atoms with Gasteiger partial charge in [0.05, 0.1) is 23.9 Å². The van der Waals surface area contributed by atoms with Gasteiger partial charge in [-0.05, 0) is 31.0 Å². The monoisotopic (exact) mass is 278 g/mol. The van der Waals surface area contributed by atoms with Crippen LogP contribution in [0.1, 0.15) is 18.9 Å². The van der Waals surface area contributed by atoms with E-state index in [1.165, 1.54) is 12.8 Å². The van der Waals surface area contributed by atoms with Crippen LogP contribution >= 0.6 is 0 Å². The van der Waals surface area contributed by atoms with E-state index < -0.39 is 0 Å². The fraction of sp³-hybridized carbons (Fsp3) is 0.188. The molecule has 1 saturated carbocycles. The highest BCUT2D eigenvalue weighted by molar-refractivity contribution is 5.60. The van der Waals surface area contributed by atoms with Crippen LogP contribution in [-0.4, -0.2) is 14.5 Å². The molecule has 3 aromatic rings. The van der Waals surface area contributed by atoms with Gasteiger partial charge in [-0.2, -0.15) is 0 Å². The number of aromatic nitrogens is 4. The molecule has 21 heavy (non-hydrogen) atoms. The number of hydrogen-bond donors (Lipinski definition) is 1. The average molecular weight is 278 g/mol. The minimum atomic E-state index is 0.587. The molecule has 0 aromatic carbocycles. The van der Waals surface area contributed by atoms with Crippen LogP contribution in [0.5, 0.6) is 0 Å². The molecule has 0 amide bonds. The maximum absolute atomic E-state index is 5.97. The Labute approximate surface area is 122 Å². The Morgan fingerprint density at radius 3 is 2.76 bits per heavy atom. The summed E-state index contributed by atoms with van der Waals surface area (Å²) in [6.07, 6.45) is 8.05. The summed E-state index contributed by atoms with van der Waals surface area (Å²) in [6.45, 7) is 0. The summed E-state index contributed by atoms with van der Waals surface area (Å²) in [5.74, 6) is 5.97. The highest BCUT2D eigenvalue weighted by atomic mass is 15.3. The number of imidazole rings is 1. The first-order valence-corrected chi connectivity index (χ1v) is 7.08. The third kappa shape index (κ3) is 2.16. The highest BCUT2D eigenvalue weighted by Gasteiger charge is 2.26. The summed E-state index contributed by atoms with van der Waals surface area (Å²) >= 11 is 0. The van der Waals surface area contributed by atoms with Gasteiger partial charge in [-0.3, -0.25) is 0 Å². The van der Waals surface area contributed by atoms with Gasteiger partial charge in [0.1, 0.15) is 5.69 Å². The molecule has 0 bridgehead atoms. The van der Waals surface area contributed by atoms with E-state index in [1.54, 1.807) is 4.68 Å². The molecule has 0 unspecified atom stereocenters. The van der Waals surface area contributed by atoms with Crippen molar-refractivity contribution >= 4 is 0 Å². The van der Waals surface area contributed by atoms with Crippen molar-refractivity contribution in [3.63, 3.8) is 0 Å². The van der Waals surface area contributed by atoms with Gasteiger partial charge in [-0.15, -0.1) is 0 Å². The molecule has 5 nitrogen and oxygen atoms in total. The summed E-state index contributed by atoms with van der Waals surface area (Å²) < 4.78 is 3.80. The lowest BCUT2D eigenvalue weighted by Gasteiger charge is -2.06. The van der Waals surface area contributed by atoms with Crippen molar-refractivity contribution in [2.75, 3.05) is 5.84 Å². The fourth-order valence-electron chi connectivity index (χ4n) is 2.54. The average Bonchev–Trinajstić information content (AvgIpc) is 3.25. The summed E-state index contributed by atoms with van der Waals surface area (Å²) in [5.41, 5.74) is 3.75. The molecule has 4 rings (SSSR count). The number of hydrogen-bond acceptors (Lipinski definition) is 3. The second-order valence-electron chi connectivity index (χ2n) is 5.32. The summed E-state index contributed by atoms with van der Waals surface area (Å²) in [7, 11) is 0. The Balaban J connectivity index is 1.80. The van der Waals surface area contributed by atoms with Crippen LogP contribution in [0.4, 0.5) is 0 Å². The van der Waals surface area contributed by atoms with Crippen molar-refractivity contribution in [3.05, 3.63) is 55.1 Å². The lowest BCUT2D eigenvalue weighted by molar-refractivity contribution is -0.627. The summed E-state index contributed by atoms with van der Waals surface area (Å²) in [5, 5.41) is 0. The van der Waals surface area contributed by atoms with Gasteiger partial charge >= 0.3 is 0 Å². The molecule has 5 heteroatoms. The summed E-state index contributed by atoms with van der Waals surface area (Å²) in [4.78, 5) is 9.03. The normalized spacial score (nSPS) is 14.3. The molecule has 2 N–H and O–H groups in total. The highest BCUT2D eigenvalue weighted by Crippen LogP contribution is 2.37. The van der Waals surface area contributed by atoms with Crippen LogP contribution in [0, 0.1) is 0 Å². The van der Waals surface area contributed by atoms with Crippen molar-refractivity contribution < 1.29 is 4.68 Å². The number of nitrogens with two attached hydrogens (primary N) is 1. The molecule has 3 heterocycles. The zero-order valence-corrected chi connectivity index (χ0v) is 11.6. The van der Waals surface area contributed by atoms with Crippen LogP contribution in [0.2, 0.25) is 0 Å². The van der Waals surface area contributed by atoms with Crippen molar-refractivity contribution in [2.24, 2.45) is 0 Å². The van der Waals surface area contributed by atoms with Crippen LogP contribution in [0.15, 0.2) is 55.1 Å². The largest absolute Gasteiger partial charge is 0.326 e. The Hall–Kier alpha value is -2.69. The van der Waals surface area contributed by atoms with Gasteiger partial charge in [-0.1, -0.05) is 10.7 Å². The molecule has 0 saturated heterocycles. The van der Waals surface area contributed by atoms with E-state index in [-0.39, 0.29) is 0 Å². The van der Waals surface area contributed by atoms with E-state index in [2.05, 4.69) is 9.55 Å². The second kappa shape index (κ2) is 4.70. The van der Waals surface area contributed by atoms with Gasteiger partial charge in [-0.25, -0.2) is 15.8 Å². The molecule has 3 aromatic heterocycles. The van der Waals surface area contributed by atoms with Crippen molar-refractivity contribution in [1.29, 1.82) is 0 Å². The third-order valence-electron chi connectivity index (χ3n) is 3.77. The predicted molar refractivity (Wildman–Crippen MR) is 79.5 cm³/mol. The van der Waals surface area contributed by atoms with E-state index in [0.29, 0.717) is 6.04 Å². The third-order valence-corrected chi connectivity index (χ3v) is 3.77. The van der Waals surface area contributed by atoms with Crippen LogP contribution < -0.4 is 10.5 Å². The molecule has 1 aliphatic rings. The molecular formula is C16H16N5+. The first kappa shape index (κ1) is 12.1. The predicted octanol–water partition coefficient (Wildman–Crippen LogP) is 1.95. The maximum atomic E-state index is 5.97. The minimum absolute atomic E-state index is 0.587. The zero-order valence-electron chi connectivity index (χ0n) is 11.6. The molecule has 0 spiro atoms. The van der Waals surface area contributed by atoms with Gasteiger partial charge < -0.3 is 4.57 Å². The van der Waals surface area contributed by atoms with Crippen molar-refractivity contribution in [2.45, 2.75) is 18.9 Å². The molecule has 1 aliphatic carbocycles. The number of rotatable bonds is 3. The molecular weight excluding hydrogens is 262 g/mol. The molecule has 0 aliphatic heterocycles. The van der Waals surface area contributed by atoms with Crippen LogP contribution in [0.3, 0.4) is 0 Å². The summed E-state index contributed by atoms with van der Waals surface area (Å²) in [6, 6.07) is 12.4. The number of nitrogen functional groups attached to an aromatic ring is 1. The fourth-order valence-corrected chi connectivity index (χ4v) is 2.54. The molecule has 1 fully saturated rings. The lowest BCUT2D eigenvalue weighted by Crippen LogP contribution is -2.45. The first-order chi connectivity index (χ1) is 10.3. The van der Waals surface area contributed by atoms with Gasteiger partial charge in [0.25, 0.3) is 5.69 Å². The number of pyridine rings is 2. The van der Waals surface area contributed by atoms with Crippen molar-refractivity contribution in [3.8, 4) is 22.8 Å². The topological polar surface area (TPSA) is 60.6 Å². The van der Waals surface area contributed by atoms with E-state index in [0.717, 1.165) is 22.8 Å². The van der Waals surface area contributed by atoms with Gasteiger partial charge in [0, 0.05) is 18.2 Å². The molecule has 0 atom stereocenters. The Kier molecular flexibility index (Phi) is 2.70. The van der Waals surface area contributed by atoms with E-state index in [9.17, 15) is 0 Å². The van der Waals surface area contributed by atoms with E-state index in [4.69, 9.17) is 10.8 Å². The van der Waals surface area contributed by atoms with Crippen LogP contribution in [-0.2, 0) is 0 Å². The van der Waals surface area contributed by atoms with E-state index >= 15 is 0 Å². The number of nitrogens with zero attached hydrogens (tertiary/aromatic N) is 4. The van der Waals surface area contributed by atoms with Crippen molar-refractivity contribution in [1.82, 2.24) is 14.5 Å². The quantitative estimate of drug-likeness (QED) is 0.588. The maximum Gasteiger partial charge on any atom is 0.260 e. The minimum Gasteiger partial charge on any atom is -0.326 e. The van der Waals surface area contributed by atoms with Gasteiger partial charge in [0.15, 0.2) is 6.20 Å². The molecule has 104 valence electrons. The lowest BCUT2D eigenvalue weighted by atomic mass is 10.2. The second-order valence-corrected chi connectivity index (χ2v) is 5.32.